The molecule has 0 atom stereocenters. The Kier molecular flexibility index (Phi) is 8.14. The van der Waals surface area contributed by atoms with Crippen molar-refractivity contribution in [2.45, 2.75) is 97.4 Å². The van der Waals surface area contributed by atoms with Crippen LogP contribution in [0.5, 0.6) is 0 Å². The summed E-state index contributed by atoms with van der Waals surface area (Å²) in [6, 6.07) is 0. The van der Waals surface area contributed by atoms with Gasteiger partial charge in [-0.3, -0.25) is 0 Å². The number of ether oxygens (including phenoxy) is 1. The summed E-state index contributed by atoms with van der Waals surface area (Å²) in [5.74, 6) is 3.49. The van der Waals surface area contributed by atoms with Gasteiger partial charge in [0.2, 0.25) is 0 Å². The van der Waals surface area contributed by atoms with Gasteiger partial charge in [-0.25, -0.2) is 0 Å². The monoisotopic (exact) mass is 296 g/mol. The Morgan fingerprint density at radius 1 is 0.900 bits per heavy atom. The van der Waals surface area contributed by atoms with Gasteiger partial charge < -0.3 is 4.74 Å². The van der Waals surface area contributed by atoms with Crippen molar-refractivity contribution in [3.05, 3.63) is 0 Å². The van der Waals surface area contributed by atoms with Crippen LogP contribution < -0.4 is 0 Å². The minimum Gasteiger partial charge on any atom is -0.376 e. The lowest BCUT2D eigenvalue weighted by atomic mass is 10.2. The van der Waals surface area contributed by atoms with Crippen molar-refractivity contribution in [2.75, 3.05) is 6.61 Å². The fourth-order valence-corrected chi connectivity index (χ4v) is 8.48. The van der Waals surface area contributed by atoms with Gasteiger partial charge in [-0.05, 0) is 43.8 Å². The van der Waals surface area contributed by atoms with Crippen LogP contribution in [0.2, 0.25) is 16.6 Å². The predicted octanol–water partition coefficient (Wildman–Crippen LogP) is 5.80. The van der Waals surface area contributed by atoms with E-state index in [4.69, 9.17) is 4.74 Å². The van der Waals surface area contributed by atoms with E-state index in [0.717, 1.165) is 36.1 Å². The largest absolute Gasteiger partial charge is 0.376 e. The topological polar surface area (TPSA) is 9.23 Å². The third-order valence-corrected chi connectivity index (χ3v) is 10.5. The van der Waals surface area contributed by atoms with Crippen LogP contribution in [-0.2, 0) is 4.74 Å². The van der Waals surface area contributed by atoms with E-state index in [2.05, 4.69) is 73.8 Å². The molecule has 0 aliphatic rings. The first-order chi connectivity index (χ1) is 9.04. The standard InChI is InChI=1S/C18H36OSi/c1-15(2)20(16(3)4,17(5)6)14-12-10-11-13-19-18(7,8)9/h15-17H,10-11,13H2,1-9H3. The molecule has 0 bridgehead atoms. The molecule has 0 amide bonds. The maximum Gasteiger partial charge on any atom is 0.145 e. The first-order valence-electron chi connectivity index (χ1n) is 8.18. The molecule has 0 aromatic carbocycles. The zero-order chi connectivity index (χ0) is 16.0. The lowest BCUT2D eigenvalue weighted by Gasteiger charge is -2.38. The summed E-state index contributed by atoms with van der Waals surface area (Å²) >= 11 is 0. The molecule has 0 aromatic heterocycles. The second-order valence-corrected chi connectivity index (χ2v) is 13.3. The molecule has 2 heteroatoms. The molecule has 0 unspecified atom stereocenters. The molecule has 0 saturated carbocycles. The van der Waals surface area contributed by atoms with Gasteiger partial charge in [0.15, 0.2) is 0 Å². The zero-order valence-corrected chi connectivity index (χ0v) is 16.3. The van der Waals surface area contributed by atoms with Gasteiger partial charge in [-0.15, -0.1) is 11.5 Å². The van der Waals surface area contributed by atoms with Crippen molar-refractivity contribution in [1.29, 1.82) is 0 Å². The van der Waals surface area contributed by atoms with Crippen LogP contribution in [-0.4, -0.2) is 20.3 Å². The molecule has 118 valence electrons. The molecule has 1 nitrogen and oxygen atoms in total. The van der Waals surface area contributed by atoms with E-state index in [1.165, 1.54) is 0 Å². The fourth-order valence-electron chi connectivity index (χ4n) is 3.19. The number of hydrogen-bond donors (Lipinski definition) is 0. The van der Waals surface area contributed by atoms with E-state index in [9.17, 15) is 0 Å². The van der Waals surface area contributed by atoms with Crippen LogP contribution in [0.15, 0.2) is 0 Å². The van der Waals surface area contributed by atoms with Gasteiger partial charge in [0.05, 0.1) is 5.60 Å². The van der Waals surface area contributed by atoms with Crippen LogP contribution in [0.3, 0.4) is 0 Å². The summed E-state index contributed by atoms with van der Waals surface area (Å²) in [7, 11) is -1.53. The average Bonchev–Trinajstić information content (AvgIpc) is 2.24. The van der Waals surface area contributed by atoms with Crippen molar-refractivity contribution < 1.29 is 4.74 Å². The second-order valence-electron chi connectivity index (χ2n) is 7.76. The van der Waals surface area contributed by atoms with Crippen LogP contribution in [0.1, 0.15) is 75.2 Å². The Morgan fingerprint density at radius 2 is 1.35 bits per heavy atom. The average molecular weight is 297 g/mol. The second kappa shape index (κ2) is 8.25. The highest BCUT2D eigenvalue weighted by Gasteiger charge is 2.41. The highest BCUT2D eigenvalue weighted by Crippen LogP contribution is 2.40. The SMILES string of the molecule is CC(C)[Si](C#CCCCOC(C)(C)C)(C(C)C)C(C)C. The Bertz CT molecular complexity index is 304. The van der Waals surface area contributed by atoms with Crippen LogP contribution in [0.4, 0.5) is 0 Å². The van der Waals surface area contributed by atoms with Gasteiger partial charge >= 0.3 is 0 Å². The van der Waals surface area contributed by atoms with Crippen molar-refractivity contribution >= 4 is 8.07 Å². The summed E-state index contributed by atoms with van der Waals surface area (Å²) in [5.41, 5.74) is 5.90. The first-order valence-corrected chi connectivity index (χ1v) is 10.4. The molecule has 0 aliphatic heterocycles. The van der Waals surface area contributed by atoms with Gasteiger partial charge in [0.1, 0.15) is 8.07 Å². The van der Waals surface area contributed by atoms with E-state index in [-0.39, 0.29) is 5.60 Å². The highest BCUT2D eigenvalue weighted by molar-refractivity contribution is 6.90. The molecule has 0 radical (unpaired) electrons. The summed E-state index contributed by atoms with van der Waals surface area (Å²) in [5, 5.41) is 0. The van der Waals surface area contributed by atoms with Gasteiger partial charge in [-0.1, -0.05) is 41.5 Å². The van der Waals surface area contributed by atoms with Crippen molar-refractivity contribution in [2.24, 2.45) is 0 Å². The highest BCUT2D eigenvalue weighted by atomic mass is 28.3. The molecule has 0 fully saturated rings. The normalized spacial score (nSPS) is 13.0. The molecular weight excluding hydrogens is 260 g/mol. The molecule has 0 rings (SSSR count). The van der Waals surface area contributed by atoms with Crippen molar-refractivity contribution in [3.8, 4) is 11.5 Å². The Balaban J connectivity index is 4.60. The third-order valence-electron chi connectivity index (χ3n) is 4.15. The van der Waals surface area contributed by atoms with Crippen LogP contribution in [0, 0.1) is 11.5 Å². The maximum absolute atomic E-state index is 5.75. The predicted molar refractivity (Wildman–Crippen MR) is 93.8 cm³/mol. The first kappa shape index (κ1) is 19.7. The summed E-state index contributed by atoms with van der Waals surface area (Å²) in [6.45, 7) is 21.3. The van der Waals surface area contributed by atoms with Gasteiger partial charge in [0.25, 0.3) is 0 Å². The van der Waals surface area contributed by atoms with Crippen molar-refractivity contribution in [3.63, 3.8) is 0 Å². The van der Waals surface area contributed by atoms with Crippen molar-refractivity contribution in [1.82, 2.24) is 0 Å². The minimum absolute atomic E-state index is 0.0280. The maximum atomic E-state index is 5.75. The van der Waals surface area contributed by atoms with Gasteiger partial charge in [-0.2, -0.15) is 0 Å². The van der Waals surface area contributed by atoms with Crippen LogP contribution in [0.25, 0.3) is 0 Å². The molecule has 0 spiro atoms. The lowest BCUT2D eigenvalue weighted by molar-refractivity contribution is -0.00345. The number of hydrogen-bond acceptors (Lipinski definition) is 1. The molecule has 0 heterocycles. The summed E-state index contributed by atoms with van der Waals surface area (Å²) < 4.78 is 5.75. The van der Waals surface area contributed by atoms with E-state index in [1.54, 1.807) is 0 Å². The molecule has 0 aromatic rings. The van der Waals surface area contributed by atoms with E-state index < -0.39 is 8.07 Å². The summed E-state index contributed by atoms with van der Waals surface area (Å²) in [6.07, 6.45) is 2.01. The third kappa shape index (κ3) is 6.02. The quantitative estimate of drug-likeness (QED) is 0.342. The molecular formula is C18H36OSi. The van der Waals surface area contributed by atoms with E-state index >= 15 is 0 Å². The Hall–Kier alpha value is -0.263. The molecule has 0 N–H and O–H groups in total. The van der Waals surface area contributed by atoms with E-state index in [1.807, 2.05) is 0 Å². The lowest BCUT2D eigenvalue weighted by Crippen LogP contribution is -2.43. The minimum atomic E-state index is -1.53. The fraction of sp³-hybridized carbons (Fsp3) is 0.889. The number of rotatable bonds is 6. The zero-order valence-electron chi connectivity index (χ0n) is 15.3. The molecule has 0 aliphatic carbocycles. The summed E-state index contributed by atoms with van der Waals surface area (Å²) in [4.78, 5) is 0. The van der Waals surface area contributed by atoms with Crippen LogP contribution >= 0.6 is 0 Å². The molecule has 20 heavy (non-hydrogen) atoms. The van der Waals surface area contributed by atoms with Gasteiger partial charge in [0, 0.05) is 13.0 Å². The Labute approximate surface area is 128 Å². The Morgan fingerprint density at radius 3 is 1.70 bits per heavy atom. The number of unbranched alkanes of at least 4 members (excludes halogenated alkanes) is 1. The smallest absolute Gasteiger partial charge is 0.145 e. The molecule has 0 saturated heterocycles. The van der Waals surface area contributed by atoms with E-state index in [0.29, 0.717) is 0 Å².